The molecule has 0 fully saturated rings. The van der Waals surface area contributed by atoms with Crippen LogP contribution in [0.15, 0.2) is 6.07 Å². The fourth-order valence-corrected chi connectivity index (χ4v) is 1.97. The number of pyridine rings is 1. The molecule has 0 atom stereocenters. The summed E-state index contributed by atoms with van der Waals surface area (Å²) < 4.78 is 5.00. The zero-order valence-corrected chi connectivity index (χ0v) is 10.7. The van der Waals surface area contributed by atoms with Gasteiger partial charge in [-0.25, -0.2) is 4.79 Å². The zero-order chi connectivity index (χ0) is 13.3. The standard InChI is InChI=1S/C13H16N2O3/c1-4-18-13(17)9-5-8-10(6-14-12(8)16)15-11(9)7(2)3/h5,7H,4,6H2,1-3H3,(H,14,16). The van der Waals surface area contributed by atoms with Crippen molar-refractivity contribution < 1.29 is 14.3 Å². The van der Waals surface area contributed by atoms with Crippen LogP contribution in [-0.4, -0.2) is 23.5 Å². The van der Waals surface area contributed by atoms with E-state index in [1.54, 1.807) is 13.0 Å². The van der Waals surface area contributed by atoms with Crippen LogP contribution >= 0.6 is 0 Å². The van der Waals surface area contributed by atoms with Crippen LogP contribution < -0.4 is 5.32 Å². The summed E-state index contributed by atoms with van der Waals surface area (Å²) >= 11 is 0. The number of esters is 1. The van der Waals surface area contributed by atoms with Gasteiger partial charge in [0.15, 0.2) is 0 Å². The Morgan fingerprint density at radius 1 is 1.56 bits per heavy atom. The van der Waals surface area contributed by atoms with E-state index >= 15 is 0 Å². The Bertz CT molecular complexity index is 509. The molecule has 1 N–H and O–H groups in total. The molecule has 0 radical (unpaired) electrons. The summed E-state index contributed by atoms with van der Waals surface area (Å²) in [6.07, 6.45) is 0. The molecule has 5 heteroatoms. The molecule has 0 saturated heterocycles. The number of aromatic nitrogens is 1. The number of fused-ring (bicyclic) bond motifs is 1. The molecule has 1 aliphatic heterocycles. The van der Waals surface area contributed by atoms with E-state index in [1.165, 1.54) is 0 Å². The number of nitrogens with zero attached hydrogens (tertiary/aromatic N) is 1. The molecule has 96 valence electrons. The fourth-order valence-electron chi connectivity index (χ4n) is 1.97. The zero-order valence-electron chi connectivity index (χ0n) is 10.7. The molecule has 0 saturated carbocycles. The number of carbonyl (C=O) groups excluding carboxylic acids is 2. The number of carbonyl (C=O) groups is 2. The van der Waals surface area contributed by atoms with Gasteiger partial charge in [-0.2, -0.15) is 0 Å². The van der Waals surface area contributed by atoms with E-state index < -0.39 is 5.97 Å². The monoisotopic (exact) mass is 248 g/mol. The predicted octanol–water partition coefficient (Wildman–Crippen LogP) is 1.63. The highest BCUT2D eigenvalue weighted by Crippen LogP contribution is 2.23. The minimum absolute atomic E-state index is 0.102. The highest BCUT2D eigenvalue weighted by atomic mass is 16.5. The Hall–Kier alpha value is -1.91. The van der Waals surface area contributed by atoms with E-state index in [0.29, 0.717) is 35.7 Å². The van der Waals surface area contributed by atoms with Gasteiger partial charge < -0.3 is 10.1 Å². The van der Waals surface area contributed by atoms with Crippen LogP contribution in [-0.2, 0) is 11.3 Å². The van der Waals surface area contributed by atoms with Gasteiger partial charge in [0, 0.05) is 0 Å². The molecular formula is C13H16N2O3. The number of amides is 1. The average molecular weight is 248 g/mol. The van der Waals surface area contributed by atoms with E-state index in [2.05, 4.69) is 10.3 Å². The van der Waals surface area contributed by atoms with Crippen molar-refractivity contribution in [2.45, 2.75) is 33.2 Å². The Kier molecular flexibility index (Phi) is 3.32. The largest absolute Gasteiger partial charge is 0.462 e. The Morgan fingerprint density at radius 3 is 2.89 bits per heavy atom. The van der Waals surface area contributed by atoms with Gasteiger partial charge in [0.25, 0.3) is 5.91 Å². The summed E-state index contributed by atoms with van der Waals surface area (Å²) in [5.74, 6) is -0.500. The second-order valence-electron chi connectivity index (χ2n) is 4.47. The van der Waals surface area contributed by atoms with Crippen molar-refractivity contribution >= 4 is 11.9 Å². The first kappa shape index (κ1) is 12.5. The van der Waals surface area contributed by atoms with Gasteiger partial charge in [-0.15, -0.1) is 0 Å². The molecule has 18 heavy (non-hydrogen) atoms. The predicted molar refractivity (Wildman–Crippen MR) is 65.5 cm³/mol. The quantitative estimate of drug-likeness (QED) is 0.825. The first-order valence-corrected chi connectivity index (χ1v) is 6.03. The highest BCUT2D eigenvalue weighted by Gasteiger charge is 2.26. The summed E-state index contributed by atoms with van der Waals surface area (Å²) in [6, 6.07) is 1.60. The van der Waals surface area contributed by atoms with Crippen LogP contribution in [0.3, 0.4) is 0 Å². The summed E-state index contributed by atoms with van der Waals surface area (Å²) in [5.41, 5.74) is 2.26. The number of hydrogen-bond acceptors (Lipinski definition) is 4. The molecule has 0 bridgehead atoms. The lowest BCUT2D eigenvalue weighted by Crippen LogP contribution is -2.14. The maximum absolute atomic E-state index is 11.9. The second-order valence-corrected chi connectivity index (χ2v) is 4.47. The minimum Gasteiger partial charge on any atom is -0.462 e. The maximum Gasteiger partial charge on any atom is 0.340 e. The third-order valence-corrected chi connectivity index (χ3v) is 2.83. The molecule has 0 aliphatic carbocycles. The van der Waals surface area contributed by atoms with E-state index in [-0.39, 0.29) is 11.8 Å². The third kappa shape index (κ3) is 2.08. The van der Waals surface area contributed by atoms with Gasteiger partial charge in [-0.1, -0.05) is 13.8 Å². The SMILES string of the molecule is CCOC(=O)c1cc2c(nc1C(C)C)CNC2=O. The van der Waals surface area contributed by atoms with Crippen molar-refractivity contribution in [3.05, 3.63) is 28.6 Å². The first-order chi connectivity index (χ1) is 8.54. The normalized spacial score (nSPS) is 13.4. The van der Waals surface area contributed by atoms with Crippen LogP contribution in [0.1, 0.15) is 58.8 Å². The summed E-state index contributed by atoms with van der Waals surface area (Å²) in [7, 11) is 0. The van der Waals surface area contributed by atoms with Crippen molar-refractivity contribution in [1.82, 2.24) is 10.3 Å². The third-order valence-electron chi connectivity index (χ3n) is 2.83. The molecule has 0 spiro atoms. The Morgan fingerprint density at radius 2 is 2.28 bits per heavy atom. The van der Waals surface area contributed by atoms with E-state index in [0.717, 1.165) is 0 Å². The van der Waals surface area contributed by atoms with Gasteiger partial charge in [-0.05, 0) is 18.9 Å². The molecule has 2 rings (SSSR count). The molecule has 0 aromatic carbocycles. The summed E-state index contributed by atoms with van der Waals surface area (Å²) in [6.45, 7) is 6.40. The molecular weight excluding hydrogens is 232 g/mol. The molecule has 1 aromatic heterocycles. The van der Waals surface area contributed by atoms with Gasteiger partial charge in [0.1, 0.15) is 0 Å². The van der Waals surface area contributed by atoms with Crippen LogP contribution in [0, 0.1) is 0 Å². The topological polar surface area (TPSA) is 68.3 Å². The van der Waals surface area contributed by atoms with Gasteiger partial charge >= 0.3 is 5.97 Å². The minimum atomic E-state index is -0.420. The second kappa shape index (κ2) is 4.76. The maximum atomic E-state index is 11.9. The molecule has 5 nitrogen and oxygen atoms in total. The van der Waals surface area contributed by atoms with Crippen molar-refractivity contribution in [3.8, 4) is 0 Å². The fraction of sp³-hybridized carbons (Fsp3) is 0.462. The lowest BCUT2D eigenvalue weighted by Gasteiger charge is -2.12. The van der Waals surface area contributed by atoms with Crippen molar-refractivity contribution in [3.63, 3.8) is 0 Å². The van der Waals surface area contributed by atoms with Crippen molar-refractivity contribution in [2.75, 3.05) is 6.61 Å². The van der Waals surface area contributed by atoms with Crippen molar-refractivity contribution in [2.24, 2.45) is 0 Å². The highest BCUT2D eigenvalue weighted by molar-refractivity contribution is 6.01. The van der Waals surface area contributed by atoms with Crippen LogP contribution in [0.4, 0.5) is 0 Å². The number of rotatable bonds is 3. The Balaban J connectivity index is 2.52. The lowest BCUT2D eigenvalue weighted by atomic mass is 10.0. The molecule has 1 aromatic rings. The van der Waals surface area contributed by atoms with E-state index in [4.69, 9.17) is 4.74 Å². The summed E-state index contributed by atoms with van der Waals surface area (Å²) in [4.78, 5) is 27.9. The Labute approximate surface area is 106 Å². The van der Waals surface area contributed by atoms with Gasteiger partial charge in [0.2, 0.25) is 0 Å². The van der Waals surface area contributed by atoms with E-state index in [9.17, 15) is 9.59 Å². The van der Waals surface area contributed by atoms with Gasteiger partial charge in [-0.3, -0.25) is 9.78 Å². The van der Waals surface area contributed by atoms with Crippen molar-refractivity contribution in [1.29, 1.82) is 0 Å². The number of ether oxygens (including phenoxy) is 1. The average Bonchev–Trinajstić information content (AvgIpc) is 2.69. The molecule has 1 amide bonds. The van der Waals surface area contributed by atoms with Gasteiger partial charge in [0.05, 0.1) is 35.7 Å². The van der Waals surface area contributed by atoms with Crippen LogP contribution in [0.5, 0.6) is 0 Å². The smallest absolute Gasteiger partial charge is 0.340 e. The molecule has 1 aliphatic rings. The lowest BCUT2D eigenvalue weighted by molar-refractivity contribution is 0.0524. The van der Waals surface area contributed by atoms with Crippen LogP contribution in [0.2, 0.25) is 0 Å². The first-order valence-electron chi connectivity index (χ1n) is 6.03. The molecule has 2 heterocycles. The molecule has 0 unspecified atom stereocenters. The van der Waals surface area contributed by atoms with E-state index in [1.807, 2.05) is 13.8 Å². The number of hydrogen-bond donors (Lipinski definition) is 1. The number of nitrogens with one attached hydrogen (secondary N) is 1. The van der Waals surface area contributed by atoms with Crippen LogP contribution in [0.25, 0.3) is 0 Å². The summed E-state index contributed by atoms with van der Waals surface area (Å²) in [5, 5.41) is 2.70.